The molecule has 0 aromatic heterocycles. The summed E-state index contributed by atoms with van der Waals surface area (Å²) in [5, 5.41) is 14.6. The first-order chi connectivity index (χ1) is 18.8. The number of hydrogen-bond acceptors (Lipinski definition) is 8. The van der Waals surface area contributed by atoms with Crippen molar-refractivity contribution in [3.05, 3.63) is 0 Å². The molecule has 234 valence electrons. The normalized spacial score (nSPS) is 18.5. The fourth-order valence-electron chi connectivity index (χ4n) is 3.93. The minimum Gasteiger partial charge on any atom is -0.444 e. The molecule has 0 aromatic rings. The van der Waals surface area contributed by atoms with Gasteiger partial charge in [0.2, 0.25) is 23.6 Å². The molecule has 6 N–H and O–H groups in total. The van der Waals surface area contributed by atoms with E-state index >= 15 is 0 Å². The Balaban J connectivity index is 2.75. The van der Waals surface area contributed by atoms with Gasteiger partial charge in [-0.3, -0.25) is 29.4 Å². The molecule has 1 rings (SSSR count). The van der Waals surface area contributed by atoms with Crippen LogP contribution in [0.3, 0.4) is 0 Å². The number of nitrogens with one attached hydrogen (secondary N) is 6. The molecule has 1 aliphatic heterocycles. The van der Waals surface area contributed by atoms with Crippen LogP contribution in [-0.2, 0) is 28.7 Å². The second kappa shape index (κ2) is 15.5. The average Bonchev–Trinajstić information content (AvgIpc) is 3.28. The van der Waals surface area contributed by atoms with Crippen LogP contribution < -0.4 is 32.0 Å². The molecule has 0 aromatic carbocycles. The van der Waals surface area contributed by atoms with Crippen LogP contribution >= 0.6 is 0 Å². The van der Waals surface area contributed by atoms with Crippen LogP contribution in [0.5, 0.6) is 0 Å². The Hall–Kier alpha value is -3.42. The van der Waals surface area contributed by atoms with Crippen molar-refractivity contribution in [1.29, 1.82) is 0 Å². The van der Waals surface area contributed by atoms with Gasteiger partial charge in [-0.2, -0.15) is 0 Å². The number of carbonyl (C=O) groups is 6. The highest BCUT2D eigenvalue weighted by Crippen LogP contribution is 2.16. The van der Waals surface area contributed by atoms with Crippen molar-refractivity contribution in [2.45, 2.75) is 124 Å². The lowest BCUT2D eigenvalue weighted by Crippen LogP contribution is -2.60. The molecule has 1 aliphatic rings. The standard InChI is InChI=1S/C27H49N7O7/c1-14(2)20(25(39)30-17(6)22(36)29-16(5)21(35)28-15(3)4)32-24(38)19-12-11-13-34(19)33-23(37)18(7)31-26(40)41-27(8,9)10/h14-20H,11-13H2,1-10H3,(H,28,35)(H,29,36)(H,30,39)(H,31,40)(H,32,38)(H,33,37)/t16-,17-,18-,19-,20-/m0/s1. The third kappa shape index (κ3) is 12.3. The van der Waals surface area contributed by atoms with E-state index in [1.807, 2.05) is 0 Å². The van der Waals surface area contributed by atoms with Crippen LogP contribution in [0.15, 0.2) is 0 Å². The van der Waals surface area contributed by atoms with E-state index in [1.165, 1.54) is 18.9 Å². The Morgan fingerprint density at radius 1 is 0.707 bits per heavy atom. The minimum atomic E-state index is -0.962. The first-order valence-electron chi connectivity index (χ1n) is 14.1. The highest BCUT2D eigenvalue weighted by Gasteiger charge is 2.36. The van der Waals surface area contributed by atoms with Gasteiger partial charge in [-0.25, -0.2) is 9.80 Å². The second-order valence-corrected chi connectivity index (χ2v) is 12.0. The molecule has 1 heterocycles. The quantitative estimate of drug-likeness (QED) is 0.186. The van der Waals surface area contributed by atoms with Gasteiger partial charge < -0.3 is 31.3 Å². The van der Waals surface area contributed by atoms with Crippen LogP contribution in [-0.4, -0.2) is 89.0 Å². The molecule has 0 spiro atoms. The monoisotopic (exact) mass is 583 g/mol. The van der Waals surface area contributed by atoms with Crippen molar-refractivity contribution in [2.24, 2.45) is 5.92 Å². The summed E-state index contributed by atoms with van der Waals surface area (Å²) in [7, 11) is 0. The third-order valence-corrected chi connectivity index (χ3v) is 6.12. The molecule has 14 heteroatoms. The Morgan fingerprint density at radius 2 is 1.22 bits per heavy atom. The number of alkyl carbamates (subject to hydrolysis) is 1. The van der Waals surface area contributed by atoms with Crippen molar-refractivity contribution < 1.29 is 33.5 Å². The minimum absolute atomic E-state index is 0.0872. The van der Waals surface area contributed by atoms with Crippen molar-refractivity contribution in [1.82, 2.24) is 37.0 Å². The van der Waals surface area contributed by atoms with Crippen molar-refractivity contribution in [3.8, 4) is 0 Å². The summed E-state index contributed by atoms with van der Waals surface area (Å²) in [4.78, 5) is 75.6. The van der Waals surface area contributed by atoms with Gasteiger partial charge in [-0.15, -0.1) is 0 Å². The highest BCUT2D eigenvalue weighted by molar-refractivity contribution is 5.95. The molecular weight excluding hydrogens is 534 g/mol. The fraction of sp³-hybridized carbons (Fsp3) is 0.778. The van der Waals surface area contributed by atoms with Crippen LogP contribution in [0.25, 0.3) is 0 Å². The van der Waals surface area contributed by atoms with Gasteiger partial charge in [0.25, 0.3) is 5.91 Å². The number of carbonyl (C=O) groups excluding carboxylic acids is 6. The Bertz CT molecular complexity index is 964. The van der Waals surface area contributed by atoms with Crippen LogP contribution in [0.4, 0.5) is 4.79 Å². The van der Waals surface area contributed by atoms with Gasteiger partial charge in [-0.1, -0.05) is 13.8 Å². The summed E-state index contributed by atoms with van der Waals surface area (Å²) in [6, 6.07) is -4.45. The molecule has 41 heavy (non-hydrogen) atoms. The third-order valence-electron chi connectivity index (χ3n) is 6.12. The average molecular weight is 584 g/mol. The largest absolute Gasteiger partial charge is 0.444 e. The van der Waals surface area contributed by atoms with Crippen LogP contribution in [0.1, 0.15) is 82.1 Å². The molecule has 5 atom stereocenters. The number of hydrogen-bond donors (Lipinski definition) is 6. The molecule has 0 radical (unpaired) electrons. The number of amides is 6. The van der Waals surface area contributed by atoms with Gasteiger partial charge in [0.15, 0.2) is 0 Å². The summed E-state index contributed by atoms with van der Waals surface area (Å²) in [6.07, 6.45) is 0.337. The van der Waals surface area contributed by atoms with E-state index in [0.717, 1.165) is 0 Å². The Kier molecular flexibility index (Phi) is 13.5. The summed E-state index contributed by atoms with van der Waals surface area (Å²) >= 11 is 0. The van der Waals surface area contributed by atoms with Crippen molar-refractivity contribution in [3.63, 3.8) is 0 Å². The second-order valence-electron chi connectivity index (χ2n) is 12.0. The maximum atomic E-state index is 13.2. The number of ether oxygens (including phenoxy) is 1. The first-order valence-corrected chi connectivity index (χ1v) is 14.1. The van der Waals surface area contributed by atoms with Crippen LogP contribution in [0.2, 0.25) is 0 Å². The van der Waals surface area contributed by atoms with E-state index in [2.05, 4.69) is 32.0 Å². The zero-order valence-electron chi connectivity index (χ0n) is 26.0. The summed E-state index contributed by atoms with van der Waals surface area (Å²) < 4.78 is 5.17. The zero-order valence-corrected chi connectivity index (χ0v) is 26.0. The lowest BCUT2D eigenvalue weighted by molar-refractivity contribution is -0.136. The van der Waals surface area contributed by atoms with Gasteiger partial charge in [0, 0.05) is 12.6 Å². The molecule has 0 bridgehead atoms. The highest BCUT2D eigenvalue weighted by atomic mass is 16.6. The Morgan fingerprint density at radius 3 is 1.73 bits per heavy atom. The zero-order chi connectivity index (χ0) is 31.7. The van der Waals surface area contributed by atoms with Gasteiger partial charge in [0.05, 0.1) is 0 Å². The van der Waals surface area contributed by atoms with E-state index < -0.39 is 65.5 Å². The van der Waals surface area contributed by atoms with Gasteiger partial charge in [-0.05, 0) is 74.1 Å². The first kappa shape index (κ1) is 35.6. The SMILES string of the molecule is CC(C)NC(=O)[C@H](C)NC(=O)[C@H](C)NC(=O)[C@@H](NC(=O)[C@@H]1CCCN1NC(=O)[C@H](C)NC(=O)OC(C)(C)C)C(C)C. The molecule has 14 nitrogen and oxygen atoms in total. The molecule has 6 amide bonds. The number of rotatable bonds is 12. The maximum absolute atomic E-state index is 13.2. The molecule has 1 saturated heterocycles. The lowest BCUT2D eigenvalue weighted by atomic mass is 10.0. The maximum Gasteiger partial charge on any atom is 0.408 e. The van der Waals surface area contributed by atoms with Crippen molar-refractivity contribution in [2.75, 3.05) is 6.54 Å². The predicted octanol–water partition coefficient (Wildman–Crippen LogP) is 0.0700. The summed E-state index contributed by atoms with van der Waals surface area (Å²) in [6.45, 7) is 17.2. The summed E-state index contributed by atoms with van der Waals surface area (Å²) in [5.41, 5.74) is 1.95. The lowest BCUT2D eigenvalue weighted by Gasteiger charge is -2.29. The summed E-state index contributed by atoms with van der Waals surface area (Å²) in [5.74, 6) is -2.74. The fourth-order valence-corrected chi connectivity index (χ4v) is 3.93. The van der Waals surface area contributed by atoms with E-state index in [4.69, 9.17) is 4.74 Å². The molecule has 1 fully saturated rings. The topological polar surface area (TPSA) is 187 Å². The number of nitrogens with zero attached hydrogens (tertiary/aromatic N) is 1. The molecule has 0 unspecified atom stereocenters. The smallest absolute Gasteiger partial charge is 0.408 e. The van der Waals surface area contributed by atoms with E-state index in [9.17, 15) is 28.8 Å². The van der Waals surface area contributed by atoms with Gasteiger partial charge >= 0.3 is 6.09 Å². The van der Waals surface area contributed by atoms with E-state index in [-0.39, 0.29) is 17.9 Å². The van der Waals surface area contributed by atoms with Crippen LogP contribution in [0, 0.1) is 5.92 Å². The van der Waals surface area contributed by atoms with Gasteiger partial charge in [0.1, 0.15) is 35.8 Å². The van der Waals surface area contributed by atoms with E-state index in [1.54, 1.807) is 55.4 Å². The van der Waals surface area contributed by atoms with Crippen molar-refractivity contribution >= 4 is 35.6 Å². The predicted molar refractivity (Wildman–Crippen MR) is 152 cm³/mol. The Labute approximate surface area is 242 Å². The molecular formula is C27H49N7O7. The molecule has 0 aliphatic carbocycles. The van der Waals surface area contributed by atoms with E-state index in [0.29, 0.717) is 19.4 Å². The number of hydrazine groups is 1. The molecule has 0 saturated carbocycles.